The highest BCUT2D eigenvalue weighted by atomic mass is 16.8. The van der Waals surface area contributed by atoms with Gasteiger partial charge in [0, 0.05) is 44.1 Å². The number of hydrogen-bond donors (Lipinski definition) is 2. The van der Waals surface area contributed by atoms with Gasteiger partial charge in [-0.25, -0.2) is 0 Å². The molecule has 0 radical (unpaired) electrons. The molecule has 56 heavy (non-hydrogen) atoms. The monoisotopic (exact) mass is 767 g/mol. The lowest BCUT2D eigenvalue weighted by molar-refractivity contribution is -0.213. The molecule has 7 rings (SSSR count). The fourth-order valence-electron chi connectivity index (χ4n) is 8.22. The number of amides is 2. The summed E-state index contributed by atoms with van der Waals surface area (Å²) in [6.07, 6.45) is -0.383. The van der Waals surface area contributed by atoms with Gasteiger partial charge in [0.2, 0.25) is 17.6 Å². The van der Waals surface area contributed by atoms with E-state index >= 15 is 0 Å². The normalized spacial score (nSPS) is 27.0. The van der Waals surface area contributed by atoms with Gasteiger partial charge in [-0.3, -0.25) is 24.0 Å². The Morgan fingerprint density at radius 1 is 0.964 bits per heavy atom. The molecule has 2 bridgehead atoms. The topological polar surface area (TPSA) is 153 Å². The lowest BCUT2D eigenvalue weighted by atomic mass is 9.62. The second kappa shape index (κ2) is 15.5. The summed E-state index contributed by atoms with van der Waals surface area (Å²) in [5, 5.41) is 14.9. The van der Waals surface area contributed by atoms with Crippen molar-refractivity contribution in [1.29, 1.82) is 0 Å². The lowest BCUT2D eigenvalue weighted by Crippen LogP contribution is -2.70. The molecule has 3 saturated heterocycles. The van der Waals surface area contributed by atoms with Crippen molar-refractivity contribution in [1.82, 2.24) is 15.3 Å². The second-order valence-corrected chi connectivity index (χ2v) is 16.0. The third kappa shape index (κ3) is 7.37. The predicted molar refractivity (Wildman–Crippen MR) is 203 cm³/mol. The van der Waals surface area contributed by atoms with Gasteiger partial charge in [0.25, 0.3) is 0 Å². The van der Waals surface area contributed by atoms with E-state index in [0.717, 1.165) is 11.1 Å². The van der Waals surface area contributed by atoms with Crippen LogP contribution in [0, 0.1) is 5.41 Å². The van der Waals surface area contributed by atoms with E-state index in [0.29, 0.717) is 11.1 Å². The second-order valence-electron chi connectivity index (χ2n) is 16.0. The number of nitrogens with zero attached hydrogens (tertiary/aromatic N) is 2. The van der Waals surface area contributed by atoms with Crippen LogP contribution in [0.15, 0.2) is 91.0 Å². The molecule has 1 aliphatic carbocycles. The highest BCUT2D eigenvalue weighted by molar-refractivity contribution is 5.94. The van der Waals surface area contributed by atoms with Gasteiger partial charge < -0.3 is 34.3 Å². The fraction of sp³-hybridized carbons (Fsp3) is 0.442. The van der Waals surface area contributed by atoms with Crippen LogP contribution < -0.4 is 5.32 Å². The number of aliphatic hydroxyl groups is 1. The maximum Gasteiger partial charge on any atom is 0.327 e. The molecule has 7 atom stereocenters. The van der Waals surface area contributed by atoms with Gasteiger partial charge in [0.05, 0.1) is 19.2 Å². The van der Waals surface area contributed by atoms with E-state index in [4.69, 9.17) is 23.8 Å². The number of carbonyl (C=O) groups excluding carboxylic acids is 4. The summed E-state index contributed by atoms with van der Waals surface area (Å²) in [5.41, 5.74) is 0.615. The zero-order valence-electron chi connectivity index (χ0n) is 32.3. The Labute approximate surface area is 326 Å². The fourth-order valence-corrected chi connectivity index (χ4v) is 8.22. The van der Waals surface area contributed by atoms with Crippen LogP contribution in [0.5, 0.6) is 0 Å². The average molecular weight is 768 g/mol. The van der Waals surface area contributed by atoms with Gasteiger partial charge in [-0.05, 0) is 44.4 Å². The summed E-state index contributed by atoms with van der Waals surface area (Å²) in [5.74, 6) is -3.29. The first kappa shape index (κ1) is 39.3. The van der Waals surface area contributed by atoms with E-state index in [1.54, 1.807) is 40.9 Å². The van der Waals surface area contributed by atoms with E-state index < -0.39 is 77.8 Å². The quantitative estimate of drug-likeness (QED) is 0.204. The highest BCUT2D eigenvalue weighted by Gasteiger charge is 2.76. The van der Waals surface area contributed by atoms with Gasteiger partial charge >= 0.3 is 11.9 Å². The molecule has 2 amide bonds. The van der Waals surface area contributed by atoms with Crippen LogP contribution in [-0.2, 0) is 55.3 Å². The van der Waals surface area contributed by atoms with Gasteiger partial charge in [0.15, 0.2) is 6.04 Å². The van der Waals surface area contributed by atoms with Crippen molar-refractivity contribution >= 4 is 29.8 Å². The van der Waals surface area contributed by atoms with Crippen molar-refractivity contribution in [2.45, 2.75) is 94.5 Å². The third-order valence-electron chi connectivity index (χ3n) is 10.8. The molecule has 3 aromatic rings. The molecule has 3 heterocycles. The Morgan fingerprint density at radius 2 is 1.59 bits per heavy atom. The van der Waals surface area contributed by atoms with Crippen LogP contribution in [0.4, 0.5) is 0 Å². The molecular weight excluding hydrogens is 718 g/mol. The molecular formula is C43H49N3O10. The summed E-state index contributed by atoms with van der Waals surface area (Å²) in [6.45, 7) is 4.89. The maximum atomic E-state index is 15.0. The van der Waals surface area contributed by atoms with Gasteiger partial charge in [-0.15, -0.1) is 0 Å². The Kier molecular flexibility index (Phi) is 10.9. The summed E-state index contributed by atoms with van der Waals surface area (Å²) >= 11 is 0. The molecule has 0 aromatic heterocycles. The zero-order valence-corrected chi connectivity index (χ0v) is 32.3. The summed E-state index contributed by atoms with van der Waals surface area (Å²) in [6, 6.07) is 24.3. The lowest BCUT2D eigenvalue weighted by Gasteiger charge is -2.49. The van der Waals surface area contributed by atoms with Crippen molar-refractivity contribution in [2.24, 2.45) is 5.41 Å². The van der Waals surface area contributed by atoms with Crippen molar-refractivity contribution in [3.63, 3.8) is 0 Å². The Hall–Kier alpha value is -4.92. The smallest absolute Gasteiger partial charge is 0.327 e. The molecule has 13 heteroatoms. The minimum atomic E-state index is -1.56. The van der Waals surface area contributed by atoms with E-state index in [9.17, 15) is 24.3 Å². The van der Waals surface area contributed by atoms with E-state index in [1.165, 1.54) is 16.0 Å². The SMILES string of the molecule is CN(C)C(=O)C=Cc1ccccc1CN1O[C@@H]2[C@H]3OC(c4ccccc4)(c4ccccc4)O[C@H]3[C@H]3C[C@]2(C(=O)N[C@H](CO)CCC(=O)OC(C)(C)C)[C@@H]1C(=O)O3. The number of hydroxylamine groups is 2. The van der Waals surface area contributed by atoms with Crippen molar-refractivity contribution in [2.75, 3.05) is 20.7 Å². The van der Waals surface area contributed by atoms with Gasteiger partial charge in [-0.1, -0.05) is 84.9 Å². The molecule has 3 aromatic carbocycles. The molecule has 13 nitrogen and oxygen atoms in total. The number of nitrogens with one attached hydrogen (secondary N) is 1. The molecule has 0 unspecified atom stereocenters. The average Bonchev–Trinajstić information content (AvgIpc) is 3.76. The van der Waals surface area contributed by atoms with Crippen LogP contribution in [0.2, 0.25) is 0 Å². The number of benzene rings is 3. The number of ether oxygens (including phenoxy) is 4. The summed E-state index contributed by atoms with van der Waals surface area (Å²) in [7, 11) is 3.33. The Balaban J connectivity index is 1.27. The van der Waals surface area contributed by atoms with Crippen molar-refractivity contribution in [3.05, 3.63) is 113 Å². The van der Waals surface area contributed by atoms with Crippen LogP contribution in [0.1, 0.15) is 62.3 Å². The van der Waals surface area contributed by atoms with Crippen molar-refractivity contribution < 1.29 is 48.1 Å². The number of rotatable bonds is 12. The number of aliphatic hydroxyl groups excluding tert-OH is 1. The first-order chi connectivity index (χ1) is 26.8. The van der Waals surface area contributed by atoms with E-state index in [1.807, 2.05) is 84.9 Å². The van der Waals surface area contributed by atoms with E-state index in [-0.39, 0.29) is 31.7 Å². The maximum absolute atomic E-state index is 15.0. The number of hydrogen-bond acceptors (Lipinski definition) is 11. The molecule has 3 aliphatic heterocycles. The van der Waals surface area contributed by atoms with Gasteiger partial charge in [-0.2, -0.15) is 5.06 Å². The van der Waals surface area contributed by atoms with E-state index in [2.05, 4.69) is 5.32 Å². The van der Waals surface area contributed by atoms with Crippen LogP contribution in [0.25, 0.3) is 6.08 Å². The number of fused-ring (bicyclic) bond motifs is 4. The summed E-state index contributed by atoms with van der Waals surface area (Å²) < 4.78 is 25.6. The number of likely N-dealkylation sites (N-methyl/N-ethyl adjacent to an activating group) is 1. The minimum Gasteiger partial charge on any atom is -0.460 e. The number of carbonyl (C=O) groups is 4. The molecule has 4 aliphatic rings. The molecule has 296 valence electrons. The number of esters is 2. The Bertz CT molecular complexity index is 1930. The van der Waals surface area contributed by atoms with Crippen LogP contribution in [0.3, 0.4) is 0 Å². The van der Waals surface area contributed by atoms with Crippen LogP contribution in [-0.4, -0.2) is 102 Å². The van der Waals surface area contributed by atoms with Crippen LogP contribution >= 0.6 is 0 Å². The van der Waals surface area contributed by atoms with Gasteiger partial charge in [0.1, 0.15) is 35.4 Å². The Morgan fingerprint density at radius 3 is 2.21 bits per heavy atom. The largest absolute Gasteiger partial charge is 0.460 e. The predicted octanol–water partition coefficient (Wildman–Crippen LogP) is 3.87. The zero-order chi connectivity index (χ0) is 39.8. The molecule has 0 spiro atoms. The van der Waals surface area contributed by atoms with Crippen molar-refractivity contribution in [3.8, 4) is 0 Å². The summed E-state index contributed by atoms with van der Waals surface area (Å²) in [4.78, 5) is 62.6. The first-order valence-electron chi connectivity index (χ1n) is 19.0. The third-order valence-corrected chi connectivity index (χ3v) is 10.8. The molecule has 1 saturated carbocycles. The molecule has 2 N–H and O–H groups in total. The minimum absolute atomic E-state index is 0.0453. The standard InChI is InChI=1S/C43H49N3O10/c1-41(2,3)53-34(49)23-21-31(26-47)44-40(51)42-24-32-35-36(55-43(54-35,29-16-8-6-9-17-29)30-18-10-7-11-19-30)38(42)56-46(37(42)39(50)52-32)25-28-15-13-12-14-27(28)20-22-33(48)45(4)5/h6-20,22,31-32,35-38,47H,21,23-26H2,1-5H3,(H,44,51)/t31-,32+,35-,36-,37-,38+,42-/m0/s1. The highest BCUT2D eigenvalue weighted by Crippen LogP contribution is 2.59. The molecule has 4 fully saturated rings. The first-order valence-corrected chi connectivity index (χ1v) is 19.0.